The van der Waals surface area contributed by atoms with Crippen molar-refractivity contribution in [2.24, 2.45) is 0 Å². The summed E-state index contributed by atoms with van der Waals surface area (Å²) in [4.78, 5) is 4.83. The quantitative estimate of drug-likeness (QED) is 0.0589. The van der Waals surface area contributed by atoms with Gasteiger partial charge < -0.3 is 9.80 Å². The van der Waals surface area contributed by atoms with Crippen LogP contribution >= 0.6 is 0 Å². The molecular formula is C75H78N2. The summed E-state index contributed by atoms with van der Waals surface area (Å²) >= 11 is 0. The standard InChI is InChI=1S/C75H78N2/c1-6-8-10-12-14-16-25-58-27-20-32-70(51-58)76(68-30-18-23-55(3)49-68)66-43-37-60(38-44-66)62-41-47-72-64(53-62)29-22-34-74(72)75-57(5)35-36-65-54-63(42-48-73(65)75)61-39-45-67(46-40-61)77(69-31-19-24-56(4)50-69)71-33-21-28-59(52-71)26-17-15-13-11-9-7-2/h18-24,27-54H,6-17,25-26H2,1-5H3. The van der Waals surface area contributed by atoms with Crippen molar-refractivity contribution in [3.05, 3.63) is 240 Å². The minimum atomic E-state index is 1.12. The van der Waals surface area contributed by atoms with E-state index in [-0.39, 0.29) is 0 Å². The second-order valence-electron chi connectivity index (χ2n) is 21.8. The third-order valence-corrected chi connectivity index (χ3v) is 15.8. The maximum atomic E-state index is 2.42. The molecule has 0 N–H and O–H groups in total. The molecule has 0 saturated heterocycles. The predicted molar refractivity (Wildman–Crippen MR) is 335 cm³/mol. The Morgan fingerprint density at radius 1 is 0.299 bits per heavy atom. The zero-order chi connectivity index (χ0) is 52.9. The number of benzene rings is 10. The Morgan fingerprint density at radius 2 is 0.714 bits per heavy atom. The summed E-state index contributed by atoms with van der Waals surface area (Å²) < 4.78 is 0. The van der Waals surface area contributed by atoms with Gasteiger partial charge in [0.1, 0.15) is 0 Å². The molecule has 0 bridgehead atoms. The number of hydrogen-bond donors (Lipinski definition) is 0. The minimum Gasteiger partial charge on any atom is -0.310 e. The molecule has 0 unspecified atom stereocenters. The van der Waals surface area contributed by atoms with E-state index in [1.54, 1.807) is 0 Å². The second-order valence-corrected chi connectivity index (χ2v) is 21.8. The zero-order valence-electron chi connectivity index (χ0n) is 46.5. The lowest BCUT2D eigenvalue weighted by Gasteiger charge is -2.26. The van der Waals surface area contributed by atoms with Crippen molar-refractivity contribution < 1.29 is 0 Å². The van der Waals surface area contributed by atoms with Crippen LogP contribution in [0.4, 0.5) is 34.1 Å². The molecule has 2 nitrogen and oxygen atoms in total. The Kier molecular flexibility index (Phi) is 17.4. The van der Waals surface area contributed by atoms with Crippen LogP contribution in [0.25, 0.3) is 54.9 Å². The van der Waals surface area contributed by atoms with Crippen LogP contribution in [-0.4, -0.2) is 0 Å². The lowest BCUT2D eigenvalue weighted by Crippen LogP contribution is -2.10. The Labute approximate surface area is 461 Å². The number of anilines is 6. The highest BCUT2D eigenvalue weighted by Crippen LogP contribution is 2.42. The maximum absolute atomic E-state index is 2.42. The van der Waals surface area contributed by atoms with E-state index in [1.807, 2.05) is 0 Å². The molecule has 0 aliphatic carbocycles. The Morgan fingerprint density at radius 3 is 1.21 bits per heavy atom. The molecule has 10 aromatic carbocycles. The summed E-state index contributed by atoms with van der Waals surface area (Å²) in [6.07, 6.45) is 18.0. The van der Waals surface area contributed by atoms with Gasteiger partial charge >= 0.3 is 0 Å². The number of aryl methyl sites for hydroxylation is 5. The van der Waals surface area contributed by atoms with Gasteiger partial charge in [-0.2, -0.15) is 0 Å². The molecule has 0 atom stereocenters. The molecule has 77 heavy (non-hydrogen) atoms. The average Bonchev–Trinajstić information content (AvgIpc) is 3.52. The van der Waals surface area contributed by atoms with Gasteiger partial charge in [0.2, 0.25) is 0 Å². The van der Waals surface area contributed by atoms with Crippen molar-refractivity contribution in [3.8, 4) is 33.4 Å². The third-order valence-electron chi connectivity index (χ3n) is 15.8. The number of unbranched alkanes of at least 4 members (excludes halogenated alkanes) is 10. The van der Waals surface area contributed by atoms with E-state index in [2.05, 4.69) is 257 Å². The van der Waals surface area contributed by atoms with Crippen molar-refractivity contribution >= 4 is 55.7 Å². The normalized spacial score (nSPS) is 11.4. The summed E-state index contributed by atoms with van der Waals surface area (Å²) in [6, 6.07) is 79.9. The number of hydrogen-bond acceptors (Lipinski definition) is 2. The van der Waals surface area contributed by atoms with Crippen LogP contribution in [0.3, 0.4) is 0 Å². The molecule has 0 saturated carbocycles. The summed E-state index contributed by atoms with van der Waals surface area (Å²) in [5.41, 5.74) is 21.1. The molecular weight excluding hydrogens is 929 g/mol. The van der Waals surface area contributed by atoms with Crippen LogP contribution in [0.2, 0.25) is 0 Å². The van der Waals surface area contributed by atoms with Crippen LogP contribution < -0.4 is 9.80 Å². The van der Waals surface area contributed by atoms with Crippen LogP contribution in [0, 0.1) is 20.8 Å². The van der Waals surface area contributed by atoms with Gasteiger partial charge in [0.25, 0.3) is 0 Å². The molecule has 388 valence electrons. The van der Waals surface area contributed by atoms with Crippen molar-refractivity contribution in [2.75, 3.05) is 9.80 Å². The highest BCUT2D eigenvalue weighted by molar-refractivity contribution is 6.08. The molecule has 0 aliphatic rings. The first kappa shape index (κ1) is 52.7. The van der Waals surface area contributed by atoms with E-state index in [0.29, 0.717) is 0 Å². The van der Waals surface area contributed by atoms with Gasteiger partial charge in [-0.05, 0) is 214 Å². The maximum Gasteiger partial charge on any atom is 0.0464 e. The molecule has 0 radical (unpaired) electrons. The Hall–Kier alpha value is -7.68. The summed E-state index contributed by atoms with van der Waals surface area (Å²) in [7, 11) is 0. The molecule has 10 aromatic rings. The largest absolute Gasteiger partial charge is 0.310 e. The summed E-state index contributed by atoms with van der Waals surface area (Å²) in [5, 5.41) is 5.02. The molecule has 0 aliphatic heterocycles. The summed E-state index contributed by atoms with van der Waals surface area (Å²) in [6.45, 7) is 11.2. The van der Waals surface area contributed by atoms with Gasteiger partial charge in [0, 0.05) is 34.1 Å². The van der Waals surface area contributed by atoms with Crippen molar-refractivity contribution in [2.45, 2.75) is 125 Å². The van der Waals surface area contributed by atoms with Crippen LogP contribution in [0.15, 0.2) is 212 Å². The molecule has 0 spiro atoms. The second kappa shape index (κ2) is 25.4. The lowest BCUT2D eigenvalue weighted by atomic mass is 9.89. The summed E-state index contributed by atoms with van der Waals surface area (Å²) in [5.74, 6) is 0. The zero-order valence-corrected chi connectivity index (χ0v) is 46.5. The monoisotopic (exact) mass is 1010 g/mol. The molecule has 0 aromatic heterocycles. The van der Waals surface area contributed by atoms with E-state index in [0.717, 1.165) is 24.2 Å². The number of fused-ring (bicyclic) bond motifs is 2. The van der Waals surface area contributed by atoms with Crippen LogP contribution in [-0.2, 0) is 12.8 Å². The Balaban J connectivity index is 0.896. The van der Waals surface area contributed by atoms with Gasteiger partial charge in [-0.25, -0.2) is 0 Å². The molecule has 10 rings (SSSR count). The minimum absolute atomic E-state index is 1.12. The first-order valence-electron chi connectivity index (χ1n) is 29.0. The fourth-order valence-electron chi connectivity index (χ4n) is 11.6. The smallest absolute Gasteiger partial charge is 0.0464 e. The van der Waals surface area contributed by atoms with Gasteiger partial charge in [-0.1, -0.05) is 205 Å². The van der Waals surface area contributed by atoms with E-state index in [1.165, 1.54) is 183 Å². The van der Waals surface area contributed by atoms with Crippen LogP contribution in [0.1, 0.15) is 119 Å². The number of rotatable bonds is 23. The average molecular weight is 1010 g/mol. The van der Waals surface area contributed by atoms with Crippen LogP contribution in [0.5, 0.6) is 0 Å². The van der Waals surface area contributed by atoms with Gasteiger partial charge in [0.15, 0.2) is 0 Å². The van der Waals surface area contributed by atoms with Gasteiger partial charge in [-0.15, -0.1) is 0 Å². The third kappa shape index (κ3) is 12.8. The lowest BCUT2D eigenvalue weighted by molar-refractivity contribution is 0.607. The SMILES string of the molecule is CCCCCCCCc1cccc(N(c2ccc(-c3ccc4c(-c5c(C)ccc6cc(-c7ccc(N(c8cccc(C)c8)c8cccc(CCCCCCCC)c8)cc7)ccc56)cccc4c3)cc2)c2cccc(C)c2)c1. The van der Waals surface area contributed by atoms with E-state index < -0.39 is 0 Å². The molecule has 2 heteroatoms. The fraction of sp³-hybridized carbons (Fsp3) is 0.253. The fourth-order valence-corrected chi connectivity index (χ4v) is 11.6. The Bertz CT molecular complexity index is 3550. The highest BCUT2D eigenvalue weighted by Gasteiger charge is 2.18. The van der Waals surface area contributed by atoms with Gasteiger partial charge in [-0.3, -0.25) is 0 Å². The highest BCUT2D eigenvalue weighted by atomic mass is 15.1. The van der Waals surface area contributed by atoms with Crippen molar-refractivity contribution in [1.29, 1.82) is 0 Å². The van der Waals surface area contributed by atoms with Crippen molar-refractivity contribution in [3.63, 3.8) is 0 Å². The van der Waals surface area contributed by atoms with E-state index in [9.17, 15) is 0 Å². The topological polar surface area (TPSA) is 6.48 Å². The molecule has 0 heterocycles. The van der Waals surface area contributed by atoms with E-state index >= 15 is 0 Å². The first-order chi connectivity index (χ1) is 37.8. The van der Waals surface area contributed by atoms with Crippen molar-refractivity contribution in [1.82, 2.24) is 0 Å². The first-order valence-corrected chi connectivity index (χ1v) is 29.0. The number of nitrogens with zero attached hydrogens (tertiary/aromatic N) is 2. The predicted octanol–water partition coefficient (Wildman–Crippen LogP) is 22.7. The van der Waals surface area contributed by atoms with Gasteiger partial charge in [0.05, 0.1) is 0 Å². The molecule has 0 fully saturated rings. The van der Waals surface area contributed by atoms with E-state index in [4.69, 9.17) is 0 Å². The molecule has 0 amide bonds.